The molecule has 0 bridgehead atoms. The number of aromatic nitrogens is 1. The molecule has 2 fully saturated rings. The minimum Gasteiger partial charge on any atom is -0.482 e. The topological polar surface area (TPSA) is 81.2 Å². The lowest BCUT2D eigenvalue weighted by Crippen LogP contribution is -2.66. The molecule has 2 aromatic rings. The van der Waals surface area contributed by atoms with Gasteiger partial charge in [-0.05, 0) is 24.3 Å². The molecule has 2 amide bonds. The number of para-hydroxylation sites is 1. The second-order valence-corrected chi connectivity index (χ2v) is 7.37. The Labute approximate surface area is 177 Å². The number of alkyl halides is 2. The van der Waals surface area contributed by atoms with Crippen LogP contribution in [0.4, 0.5) is 14.5 Å². The zero-order chi connectivity index (χ0) is 21.9. The number of carbonyl (C=O) groups is 2. The predicted molar refractivity (Wildman–Crippen MR) is 105 cm³/mol. The Bertz CT molecular complexity index is 931. The fourth-order valence-electron chi connectivity index (χ4n) is 3.63. The average molecular weight is 433 g/mol. The summed E-state index contributed by atoms with van der Waals surface area (Å²) in [5, 5.41) is 0. The summed E-state index contributed by atoms with van der Waals surface area (Å²) >= 11 is 0. The van der Waals surface area contributed by atoms with Crippen molar-refractivity contribution in [1.29, 1.82) is 0 Å². The lowest BCUT2D eigenvalue weighted by molar-refractivity contribution is -0.293. The van der Waals surface area contributed by atoms with Crippen LogP contribution in [0.3, 0.4) is 0 Å². The van der Waals surface area contributed by atoms with Crippen molar-refractivity contribution in [2.24, 2.45) is 0 Å². The van der Waals surface area contributed by atoms with E-state index in [0.29, 0.717) is 11.4 Å². The molecule has 31 heavy (non-hydrogen) atoms. The first kappa shape index (κ1) is 21.1. The number of halogens is 2. The number of pyridine rings is 1. The van der Waals surface area contributed by atoms with Crippen LogP contribution in [-0.2, 0) is 19.1 Å². The van der Waals surface area contributed by atoms with Crippen LogP contribution in [0.25, 0.3) is 0 Å². The molecule has 2 saturated heterocycles. The largest absolute Gasteiger partial charge is 0.482 e. The fourth-order valence-corrected chi connectivity index (χ4v) is 3.63. The normalized spacial score (nSPS) is 23.5. The van der Waals surface area contributed by atoms with E-state index in [4.69, 9.17) is 14.2 Å². The average Bonchev–Trinajstić information content (AvgIpc) is 2.98. The number of benzene rings is 1. The van der Waals surface area contributed by atoms with Crippen molar-refractivity contribution in [3.05, 3.63) is 54.9 Å². The lowest BCUT2D eigenvalue weighted by Gasteiger charge is -2.45. The second kappa shape index (κ2) is 8.56. The molecule has 4 rings (SSSR count). The Morgan fingerprint density at radius 2 is 1.97 bits per heavy atom. The summed E-state index contributed by atoms with van der Waals surface area (Å²) in [6.45, 7) is -0.501. The minimum absolute atomic E-state index is 0.147. The van der Waals surface area contributed by atoms with Crippen LogP contribution in [0.5, 0.6) is 5.75 Å². The van der Waals surface area contributed by atoms with E-state index >= 15 is 0 Å². The van der Waals surface area contributed by atoms with Crippen LogP contribution < -0.4 is 9.64 Å². The Hall–Kier alpha value is -3.11. The molecule has 1 aromatic heterocycles. The van der Waals surface area contributed by atoms with Crippen molar-refractivity contribution in [1.82, 2.24) is 9.88 Å². The van der Waals surface area contributed by atoms with E-state index in [1.54, 1.807) is 48.7 Å². The Morgan fingerprint density at radius 1 is 1.16 bits per heavy atom. The first-order valence-electron chi connectivity index (χ1n) is 9.72. The third kappa shape index (κ3) is 4.64. The quantitative estimate of drug-likeness (QED) is 0.731. The number of hydrogen-bond donors (Lipinski definition) is 0. The van der Waals surface area contributed by atoms with Gasteiger partial charge >= 0.3 is 12.0 Å². The fraction of sp³-hybridized carbons (Fsp3) is 0.381. The van der Waals surface area contributed by atoms with Crippen molar-refractivity contribution in [3.8, 4) is 5.75 Å². The van der Waals surface area contributed by atoms with Crippen molar-refractivity contribution >= 4 is 17.5 Å². The van der Waals surface area contributed by atoms with Crippen LogP contribution in [0, 0.1) is 0 Å². The van der Waals surface area contributed by atoms with Gasteiger partial charge in [-0.2, -0.15) is 8.78 Å². The van der Waals surface area contributed by atoms with E-state index in [2.05, 4.69) is 4.98 Å². The molecular weight excluding hydrogens is 412 g/mol. The van der Waals surface area contributed by atoms with E-state index in [1.807, 2.05) is 0 Å². The van der Waals surface area contributed by atoms with Gasteiger partial charge < -0.3 is 19.3 Å². The molecule has 2 aliphatic heterocycles. The number of morpholine rings is 1. The summed E-state index contributed by atoms with van der Waals surface area (Å²) in [7, 11) is 0. The highest BCUT2D eigenvalue weighted by Gasteiger charge is 2.58. The molecule has 0 aliphatic carbocycles. The van der Waals surface area contributed by atoms with Crippen LogP contribution in [0.2, 0.25) is 0 Å². The molecule has 2 aliphatic rings. The smallest absolute Gasteiger partial charge is 0.437 e. The minimum atomic E-state index is -4.05. The van der Waals surface area contributed by atoms with Gasteiger partial charge in [0, 0.05) is 18.4 Å². The molecule has 1 aromatic carbocycles. The molecule has 10 heteroatoms. The van der Waals surface area contributed by atoms with E-state index in [0.717, 1.165) is 4.90 Å². The van der Waals surface area contributed by atoms with Crippen molar-refractivity contribution < 1.29 is 32.6 Å². The van der Waals surface area contributed by atoms with E-state index in [9.17, 15) is 18.4 Å². The van der Waals surface area contributed by atoms with E-state index in [-0.39, 0.29) is 39.5 Å². The number of carbonyl (C=O) groups excluding carboxylic acids is 2. The predicted octanol–water partition coefficient (Wildman–Crippen LogP) is 1.71. The summed E-state index contributed by atoms with van der Waals surface area (Å²) in [6.07, 6.45) is -1.01. The number of rotatable bonds is 4. The molecular formula is C21H21F2N3O5. The highest BCUT2D eigenvalue weighted by Crippen LogP contribution is 2.36. The number of anilines is 1. The number of nitrogens with zero attached hydrogens (tertiary/aromatic N) is 3. The zero-order valence-corrected chi connectivity index (χ0v) is 16.6. The second-order valence-electron chi connectivity index (χ2n) is 7.37. The van der Waals surface area contributed by atoms with Gasteiger partial charge in [0.2, 0.25) is 0 Å². The van der Waals surface area contributed by atoms with Gasteiger partial charge in [-0.1, -0.05) is 18.2 Å². The summed E-state index contributed by atoms with van der Waals surface area (Å²) in [5.74, 6) is -1.45. The van der Waals surface area contributed by atoms with Gasteiger partial charge in [-0.25, -0.2) is 0 Å². The van der Waals surface area contributed by atoms with Crippen molar-refractivity contribution in [2.75, 3.05) is 44.4 Å². The number of hydrogen-bond acceptors (Lipinski definition) is 6. The van der Waals surface area contributed by atoms with Crippen molar-refractivity contribution in [3.63, 3.8) is 0 Å². The van der Waals surface area contributed by atoms with Gasteiger partial charge in [0.05, 0.1) is 32.5 Å². The molecule has 164 valence electrons. The molecule has 0 N–H and O–H groups in total. The van der Waals surface area contributed by atoms with Gasteiger partial charge in [-0.15, -0.1) is 0 Å². The van der Waals surface area contributed by atoms with Crippen LogP contribution in [0.1, 0.15) is 0 Å². The number of ether oxygens (including phenoxy) is 3. The van der Waals surface area contributed by atoms with Gasteiger partial charge in [-0.3, -0.25) is 19.3 Å². The van der Waals surface area contributed by atoms with Crippen molar-refractivity contribution in [2.45, 2.75) is 11.7 Å². The third-order valence-electron chi connectivity index (χ3n) is 5.05. The molecule has 0 saturated carbocycles. The molecule has 1 atom stereocenters. The molecule has 1 spiro atoms. The Kier molecular flexibility index (Phi) is 5.84. The Balaban J connectivity index is 1.53. The molecule has 8 nitrogen and oxygen atoms in total. The van der Waals surface area contributed by atoms with Crippen LogP contribution >= 0.6 is 0 Å². The molecule has 0 radical (unpaired) electrons. The lowest BCUT2D eigenvalue weighted by atomic mass is 10.00. The monoisotopic (exact) mass is 433 g/mol. The first-order valence-corrected chi connectivity index (χ1v) is 9.72. The number of amides is 2. The highest BCUT2D eigenvalue weighted by molar-refractivity contribution is 5.98. The zero-order valence-electron chi connectivity index (χ0n) is 16.6. The standard InChI is InChI=1S/C21H21F2N3O5/c22-21(23)19(28)26(16-5-2-1-3-6-16)14-20(31-21)13-25(9-10-29-15-20)18(27)12-30-17-7-4-8-24-11-17/h1-8,11H,9-10,12-15H2. The summed E-state index contributed by atoms with van der Waals surface area (Å²) in [5.41, 5.74) is -1.27. The van der Waals surface area contributed by atoms with Gasteiger partial charge in [0.15, 0.2) is 6.61 Å². The first-order chi connectivity index (χ1) is 14.9. The molecule has 1 unspecified atom stereocenters. The third-order valence-corrected chi connectivity index (χ3v) is 5.05. The van der Waals surface area contributed by atoms with Gasteiger partial charge in [0.1, 0.15) is 11.4 Å². The maximum absolute atomic E-state index is 14.6. The summed E-state index contributed by atoms with van der Waals surface area (Å²) in [6, 6.07) is 11.5. The van der Waals surface area contributed by atoms with Crippen LogP contribution in [-0.4, -0.2) is 72.9 Å². The summed E-state index contributed by atoms with van der Waals surface area (Å²) < 4.78 is 45.1. The van der Waals surface area contributed by atoms with E-state index < -0.39 is 23.5 Å². The summed E-state index contributed by atoms with van der Waals surface area (Å²) in [4.78, 5) is 31.3. The van der Waals surface area contributed by atoms with Gasteiger partial charge in [0.25, 0.3) is 5.91 Å². The highest BCUT2D eigenvalue weighted by atomic mass is 19.3. The Morgan fingerprint density at radius 3 is 2.71 bits per heavy atom. The SMILES string of the molecule is O=C(COc1cccnc1)N1CCOCC2(C1)CN(c1ccccc1)C(=O)C(F)(F)O2. The maximum atomic E-state index is 14.6. The molecule has 3 heterocycles. The maximum Gasteiger partial charge on any atom is 0.437 e. The van der Waals surface area contributed by atoms with E-state index in [1.165, 1.54) is 11.1 Å². The van der Waals surface area contributed by atoms with Crippen LogP contribution in [0.15, 0.2) is 54.9 Å².